The predicted molar refractivity (Wildman–Crippen MR) is 97.7 cm³/mol. The number of H-pyrrole nitrogens is 1. The highest BCUT2D eigenvalue weighted by Gasteiger charge is 2.32. The van der Waals surface area contributed by atoms with Crippen LogP contribution in [0.15, 0.2) is 52.0 Å². The number of pyridine rings is 1. The third-order valence-corrected chi connectivity index (χ3v) is 6.19. The van der Waals surface area contributed by atoms with Gasteiger partial charge in [-0.15, -0.1) is 22.7 Å². The van der Waals surface area contributed by atoms with Crippen LogP contribution in [0, 0.1) is 0 Å². The standard InChI is InChI=1S/C18H16N2O2S2/c21-17-12(7-8-13(19-17)15-5-2-10-23-15)18(22)20-9-1-4-14(20)16-6-3-11-24-16/h2-3,5-8,10-11,14H,1,4,9H2,(H,19,21)/t14-/m0/s1. The largest absolute Gasteiger partial charge is 0.331 e. The van der Waals surface area contributed by atoms with Crippen molar-refractivity contribution < 1.29 is 4.79 Å². The second-order valence-corrected chi connectivity index (χ2v) is 7.69. The second kappa shape index (κ2) is 6.37. The SMILES string of the molecule is O=C(c1ccc(-c2cccs2)[nH]c1=O)N1CCC[C@H]1c1cccs1. The zero-order chi connectivity index (χ0) is 16.5. The van der Waals surface area contributed by atoms with E-state index in [9.17, 15) is 9.59 Å². The van der Waals surface area contributed by atoms with Crippen molar-refractivity contribution in [3.8, 4) is 10.6 Å². The van der Waals surface area contributed by atoms with Crippen LogP contribution in [0.5, 0.6) is 0 Å². The first kappa shape index (κ1) is 15.4. The van der Waals surface area contributed by atoms with E-state index < -0.39 is 0 Å². The lowest BCUT2D eigenvalue weighted by Gasteiger charge is -2.23. The van der Waals surface area contributed by atoms with E-state index in [-0.39, 0.29) is 23.1 Å². The Morgan fingerprint density at radius 2 is 1.96 bits per heavy atom. The van der Waals surface area contributed by atoms with Gasteiger partial charge < -0.3 is 9.88 Å². The van der Waals surface area contributed by atoms with Gasteiger partial charge >= 0.3 is 0 Å². The quantitative estimate of drug-likeness (QED) is 0.767. The number of hydrogen-bond donors (Lipinski definition) is 1. The molecule has 24 heavy (non-hydrogen) atoms. The maximum Gasteiger partial charge on any atom is 0.261 e. The molecule has 1 atom stereocenters. The summed E-state index contributed by atoms with van der Waals surface area (Å²) in [5.41, 5.74) is 0.657. The van der Waals surface area contributed by atoms with Crippen LogP contribution in [0.25, 0.3) is 10.6 Å². The summed E-state index contributed by atoms with van der Waals surface area (Å²) in [6.45, 7) is 0.702. The Morgan fingerprint density at radius 3 is 2.67 bits per heavy atom. The predicted octanol–water partition coefficient (Wildman–Crippen LogP) is 4.14. The van der Waals surface area contributed by atoms with Gasteiger partial charge in [0.15, 0.2) is 0 Å². The van der Waals surface area contributed by atoms with E-state index in [2.05, 4.69) is 11.1 Å². The Morgan fingerprint density at radius 1 is 1.12 bits per heavy atom. The lowest BCUT2D eigenvalue weighted by atomic mass is 10.1. The lowest BCUT2D eigenvalue weighted by molar-refractivity contribution is 0.0736. The van der Waals surface area contributed by atoms with Crippen molar-refractivity contribution in [1.82, 2.24) is 9.88 Å². The van der Waals surface area contributed by atoms with E-state index in [1.54, 1.807) is 28.7 Å². The molecule has 0 spiro atoms. The molecule has 0 bridgehead atoms. The van der Waals surface area contributed by atoms with Crippen molar-refractivity contribution in [3.05, 3.63) is 68.0 Å². The van der Waals surface area contributed by atoms with Crippen molar-refractivity contribution in [3.63, 3.8) is 0 Å². The summed E-state index contributed by atoms with van der Waals surface area (Å²) in [5, 5.41) is 3.99. The summed E-state index contributed by atoms with van der Waals surface area (Å²) >= 11 is 3.22. The molecule has 1 amide bonds. The Hall–Kier alpha value is -2.18. The molecule has 4 heterocycles. The first-order valence-corrected chi connectivity index (χ1v) is 9.61. The Bertz CT molecular complexity index is 898. The van der Waals surface area contributed by atoms with E-state index in [0.717, 1.165) is 23.4 Å². The highest BCUT2D eigenvalue weighted by molar-refractivity contribution is 7.13. The number of amides is 1. The van der Waals surface area contributed by atoms with Gasteiger partial charge in [0.2, 0.25) is 0 Å². The van der Waals surface area contributed by atoms with Crippen LogP contribution in [0.4, 0.5) is 0 Å². The fourth-order valence-corrected chi connectivity index (χ4v) is 4.74. The summed E-state index contributed by atoms with van der Waals surface area (Å²) in [4.78, 5) is 32.2. The summed E-state index contributed by atoms with van der Waals surface area (Å²) in [5.74, 6) is -0.176. The number of rotatable bonds is 3. The highest BCUT2D eigenvalue weighted by atomic mass is 32.1. The molecule has 1 aliphatic heterocycles. The Kier molecular flexibility index (Phi) is 4.08. The minimum absolute atomic E-state index is 0.0915. The highest BCUT2D eigenvalue weighted by Crippen LogP contribution is 2.35. The smallest absolute Gasteiger partial charge is 0.261 e. The van der Waals surface area contributed by atoms with E-state index in [4.69, 9.17) is 0 Å². The maximum absolute atomic E-state index is 12.9. The molecule has 0 aliphatic carbocycles. The van der Waals surface area contributed by atoms with E-state index >= 15 is 0 Å². The van der Waals surface area contributed by atoms with Crippen molar-refractivity contribution in [2.24, 2.45) is 0 Å². The normalized spacial score (nSPS) is 17.3. The molecular weight excluding hydrogens is 340 g/mol. The minimum Gasteiger partial charge on any atom is -0.331 e. The molecule has 0 saturated carbocycles. The van der Waals surface area contributed by atoms with Crippen LogP contribution in [-0.2, 0) is 0 Å². The molecule has 4 rings (SSSR count). The average molecular weight is 356 g/mol. The van der Waals surface area contributed by atoms with Crippen LogP contribution < -0.4 is 5.56 Å². The van der Waals surface area contributed by atoms with Crippen molar-refractivity contribution >= 4 is 28.6 Å². The number of nitrogens with zero attached hydrogens (tertiary/aromatic N) is 1. The number of carbonyl (C=O) groups is 1. The van der Waals surface area contributed by atoms with Crippen LogP contribution in [0.1, 0.15) is 34.1 Å². The van der Waals surface area contributed by atoms with Crippen LogP contribution in [-0.4, -0.2) is 22.3 Å². The molecular formula is C18H16N2O2S2. The summed E-state index contributed by atoms with van der Waals surface area (Å²) < 4.78 is 0. The first-order chi connectivity index (χ1) is 11.7. The molecule has 122 valence electrons. The van der Waals surface area contributed by atoms with Gasteiger partial charge in [0.1, 0.15) is 5.56 Å². The average Bonchev–Trinajstić information content (AvgIpc) is 3.35. The van der Waals surface area contributed by atoms with Crippen molar-refractivity contribution in [2.75, 3.05) is 6.54 Å². The number of thiophene rings is 2. The zero-order valence-corrected chi connectivity index (χ0v) is 14.5. The number of aromatic amines is 1. The van der Waals surface area contributed by atoms with E-state index in [0.29, 0.717) is 6.54 Å². The topological polar surface area (TPSA) is 53.2 Å². The molecule has 3 aromatic rings. The van der Waals surface area contributed by atoms with Crippen LogP contribution in [0.3, 0.4) is 0 Å². The van der Waals surface area contributed by atoms with Crippen molar-refractivity contribution in [1.29, 1.82) is 0 Å². The molecule has 4 nitrogen and oxygen atoms in total. The van der Waals surface area contributed by atoms with Crippen LogP contribution in [0.2, 0.25) is 0 Å². The fraction of sp³-hybridized carbons (Fsp3) is 0.222. The maximum atomic E-state index is 12.9. The zero-order valence-electron chi connectivity index (χ0n) is 12.9. The molecule has 0 unspecified atom stereocenters. The molecule has 1 aliphatic rings. The van der Waals surface area contributed by atoms with E-state index in [1.165, 1.54) is 4.88 Å². The van der Waals surface area contributed by atoms with Gasteiger partial charge in [-0.25, -0.2) is 0 Å². The van der Waals surface area contributed by atoms with Gasteiger partial charge in [-0.2, -0.15) is 0 Å². The van der Waals surface area contributed by atoms with Gasteiger partial charge in [-0.05, 0) is 47.9 Å². The summed E-state index contributed by atoms with van der Waals surface area (Å²) in [7, 11) is 0. The minimum atomic E-state index is -0.317. The molecule has 0 aromatic carbocycles. The second-order valence-electron chi connectivity index (χ2n) is 5.76. The summed E-state index contributed by atoms with van der Waals surface area (Å²) in [6.07, 6.45) is 1.93. The number of hydrogen-bond acceptors (Lipinski definition) is 4. The fourth-order valence-electron chi connectivity index (χ4n) is 3.16. The third-order valence-electron chi connectivity index (χ3n) is 4.31. The van der Waals surface area contributed by atoms with Gasteiger partial charge in [0, 0.05) is 11.4 Å². The third kappa shape index (κ3) is 2.72. The number of nitrogens with one attached hydrogen (secondary N) is 1. The Labute approximate surface area is 147 Å². The number of likely N-dealkylation sites (tertiary alicyclic amines) is 1. The molecule has 3 aromatic heterocycles. The van der Waals surface area contributed by atoms with Crippen LogP contribution >= 0.6 is 22.7 Å². The van der Waals surface area contributed by atoms with Gasteiger partial charge in [0.25, 0.3) is 11.5 Å². The van der Waals surface area contributed by atoms with Gasteiger partial charge in [-0.1, -0.05) is 12.1 Å². The molecule has 6 heteroatoms. The van der Waals surface area contributed by atoms with Gasteiger partial charge in [0.05, 0.1) is 16.6 Å². The first-order valence-electron chi connectivity index (χ1n) is 7.85. The monoisotopic (exact) mass is 356 g/mol. The van der Waals surface area contributed by atoms with Crippen molar-refractivity contribution in [2.45, 2.75) is 18.9 Å². The Balaban J connectivity index is 1.64. The van der Waals surface area contributed by atoms with E-state index in [1.807, 2.05) is 39.9 Å². The lowest BCUT2D eigenvalue weighted by Crippen LogP contribution is -2.34. The molecule has 1 N–H and O–H groups in total. The number of carbonyl (C=O) groups excluding carboxylic acids is 1. The molecule has 1 saturated heterocycles. The van der Waals surface area contributed by atoms with Gasteiger partial charge in [-0.3, -0.25) is 9.59 Å². The summed E-state index contributed by atoms with van der Waals surface area (Å²) in [6, 6.07) is 11.5. The molecule has 0 radical (unpaired) electrons. The molecule has 1 fully saturated rings. The number of aromatic nitrogens is 1.